The molecule has 0 aliphatic heterocycles. The monoisotopic (exact) mass is 231 g/mol. The fourth-order valence-corrected chi connectivity index (χ4v) is 1.26. The standard InChI is InChI=1S/C10H11F2NO3/c11-10(12,5-7(13)9(15)16)6-3-1-2-4-8(6)14/h1-4,7,14H,5,13H2,(H,15,16). The molecule has 0 heterocycles. The van der Waals surface area contributed by atoms with Crippen molar-refractivity contribution in [3.8, 4) is 5.75 Å². The summed E-state index contributed by atoms with van der Waals surface area (Å²) in [5, 5.41) is 17.7. The van der Waals surface area contributed by atoms with Crippen LogP contribution in [0.15, 0.2) is 24.3 Å². The Morgan fingerprint density at radius 2 is 2.00 bits per heavy atom. The largest absolute Gasteiger partial charge is 0.507 e. The van der Waals surface area contributed by atoms with E-state index in [-0.39, 0.29) is 0 Å². The molecule has 1 aromatic carbocycles. The first-order chi connectivity index (χ1) is 7.34. The molecule has 6 heteroatoms. The zero-order valence-electron chi connectivity index (χ0n) is 8.23. The van der Waals surface area contributed by atoms with Crippen LogP contribution in [0.1, 0.15) is 12.0 Å². The predicted molar refractivity (Wildman–Crippen MR) is 52.2 cm³/mol. The lowest BCUT2D eigenvalue weighted by atomic mass is 10.0. The molecule has 0 aromatic heterocycles. The Kier molecular flexibility index (Phi) is 3.44. The van der Waals surface area contributed by atoms with Crippen LogP contribution in [0.25, 0.3) is 0 Å². The van der Waals surface area contributed by atoms with Gasteiger partial charge in [-0.2, -0.15) is 0 Å². The average Bonchev–Trinajstić information content (AvgIpc) is 2.17. The first-order valence-electron chi connectivity index (χ1n) is 4.49. The van der Waals surface area contributed by atoms with Crippen molar-refractivity contribution >= 4 is 5.97 Å². The van der Waals surface area contributed by atoms with E-state index in [0.29, 0.717) is 0 Å². The minimum Gasteiger partial charge on any atom is -0.507 e. The summed E-state index contributed by atoms with van der Waals surface area (Å²) in [6.45, 7) is 0. The van der Waals surface area contributed by atoms with Crippen molar-refractivity contribution in [2.75, 3.05) is 0 Å². The van der Waals surface area contributed by atoms with Gasteiger partial charge in [-0.25, -0.2) is 8.78 Å². The van der Waals surface area contributed by atoms with Crippen LogP contribution < -0.4 is 5.73 Å². The lowest BCUT2D eigenvalue weighted by Gasteiger charge is -2.19. The molecule has 1 atom stereocenters. The highest BCUT2D eigenvalue weighted by molar-refractivity contribution is 5.73. The van der Waals surface area contributed by atoms with E-state index in [9.17, 15) is 18.7 Å². The topological polar surface area (TPSA) is 83.5 Å². The number of benzene rings is 1. The van der Waals surface area contributed by atoms with E-state index < -0.39 is 35.7 Å². The molecule has 0 bridgehead atoms. The lowest BCUT2D eigenvalue weighted by molar-refractivity contribution is -0.141. The summed E-state index contributed by atoms with van der Waals surface area (Å²) in [6.07, 6.45) is -1.06. The quantitative estimate of drug-likeness (QED) is 0.729. The van der Waals surface area contributed by atoms with Crippen LogP contribution in [0.4, 0.5) is 8.78 Å². The van der Waals surface area contributed by atoms with Gasteiger partial charge in [-0.3, -0.25) is 4.79 Å². The normalized spacial score (nSPS) is 13.4. The highest BCUT2D eigenvalue weighted by Gasteiger charge is 2.37. The average molecular weight is 231 g/mol. The van der Waals surface area contributed by atoms with E-state index in [1.807, 2.05) is 0 Å². The fraction of sp³-hybridized carbons (Fsp3) is 0.300. The van der Waals surface area contributed by atoms with E-state index >= 15 is 0 Å². The maximum absolute atomic E-state index is 13.5. The number of aliphatic carboxylic acids is 1. The van der Waals surface area contributed by atoms with Gasteiger partial charge in [-0.15, -0.1) is 0 Å². The number of halogens is 2. The van der Waals surface area contributed by atoms with Crippen LogP contribution in [0.2, 0.25) is 0 Å². The van der Waals surface area contributed by atoms with Crippen LogP contribution in [0.5, 0.6) is 5.75 Å². The number of phenols is 1. The van der Waals surface area contributed by atoms with Crippen LogP contribution in [0, 0.1) is 0 Å². The van der Waals surface area contributed by atoms with E-state index in [4.69, 9.17) is 10.8 Å². The van der Waals surface area contributed by atoms with Gasteiger partial charge in [0.2, 0.25) is 0 Å². The molecule has 0 saturated carbocycles. The minimum atomic E-state index is -3.47. The van der Waals surface area contributed by atoms with Gasteiger partial charge < -0.3 is 15.9 Å². The predicted octanol–water partition coefficient (Wildman–Crippen LogP) is 1.29. The third-order valence-electron chi connectivity index (χ3n) is 2.09. The number of phenolic OH excluding ortho intramolecular Hbond substituents is 1. The van der Waals surface area contributed by atoms with E-state index in [2.05, 4.69) is 0 Å². The molecule has 4 N–H and O–H groups in total. The summed E-state index contributed by atoms with van der Waals surface area (Å²) in [6, 6.07) is 3.19. The number of aromatic hydroxyl groups is 1. The third-order valence-corrected chi connectivity index (χ3v) is 2.09. The first-order valence-corrected chi connectivity index (χ1v) is 4.49. The van der Waals surface area contributed by atoms with Crippen LogP contribution >= 0.6 is 0 Å². The molecule has 16 heavy (non-hydrogen) atoms. The molecule has 0 aliphatic carbocycles. The Morgan fingerprint density at radius 3 is 2.50 bits per heavy atom. The summed E-state index contributed by atoms with van der Waals surface area (Å²) in [5.41, 5.74) is 4.41. The van der Waals surface area contributed by atoms with Gasteiger partial charge in [-0.1, -0.05) is 12.1 Å². The molecule has 0 saturated heterocycles. The van der Waals surface area contributed by atoms with Crippen molar-refractivity contribution in [3.63, 3.8) is 0 Å². The Morgan fingerprint density at radius 1 is 1.44 bits per heavy atom. The van der Waals surface area contributed by atoms with Crippen LogP contribution in [0.3, 0.4) is 0 Å². The highest BCUT2D eigenvalue weighted by atomic mass is 19.3. The molecule has 4 nitrogen and oxygen atoms in total. The van der Waals surface area contributed by atoms with Gasteiger partial charge in [0.15, 0.2) is 0 Å². The summed E-state index contributed by atoms with van der Waals surface area (Å²) in [5.74, 6) is -5.55. The second-order valence-electron chi connectivity index (χ2n) is 3.37. The summed E-state index contributed by atoms with van der Waals surface area (Å²) in [7, 11) is 0. The number of carboxylic acids is 1. The molecule has 0 amide bonds. The minimum absolute atomic E-state index is 0.579. The molecule has 0 spiro atoms. The number of hydrogen-bond acceptors (Lipinski definition) is 3. The molecule has 0 aliphatic rings. The van der Waals surface area contributed by atoms with Crippen molar-refractivity contribution in [3.05, 3.63) is 29.8 Å². The Balaban J connectivity index is 2.94. The molecule has 1 unspecified atom stereocenters. The summed E-state index contributed by atoms with van der Waals surface area (Å²) in [4.78, 5) is 10.4. The van der Waals surface area contributed by atoms with E-state index in [1.54, 1.807) is 0 Å². The number of para-hydroxylation sites is 1. The number of rotatable bonds is 4. The number of hydrogen-bond donors (Lipinski definition) is 3. The molecule has 88 valence electrons. The number of carboxylic acid groups (broad SMARTS) is 1. The van der Waals surface area contributed by atoms with Crippen molar-refractivity contribution in [2.45, 2.75) is 18.4 Å². The van der Waals surface area contributed by atoms with Crippen LogP contribution in [-0.2, 0) is 10.7 Å². The number of carbonyl (C=O) groups is 1. The molecule has 1 aromatic rings. The highest BCUT2D eigenvalue weighted by Crippen LogP contribution is 2.37. The van der Waals surface area contributed by atoms with E-state index in [1.165, 1.54) is 12.1 Å². The zero-order valence-corrected chi connectivity index (χ0v) is 8.23. The summed E-state index contributed by atoms with van der Waals surface area (Å²) < 4.78 is 27.0. The lowest BCUT2D eigenvalue weighted by Crippen LogP contribution is -2.35. The smallest absolute Gasteiger partial charge is 0.320 e. The van der Waals surface area contributed by atoms with Crippen molar-refractivity contribution in [1.82, 2.24) is 0 Å². The van der Waals surface area contributed by atoms with Gasteiger partial charge in [0.05, 0.1) is 5.56 Å². The van der Waals surface area contributed by atoms with Gasteiger partial charge in [-0.05, 0) is 12.1 Å². The van der Waals surface area contributed by atoms with Gasteiger partial charge in [0.25, 0.3) is 5.92 Å². The Labute approximate surface area is 90.3 Å². The van der Waals surface area contributed by atoms with Gasteiger partial charge in [0.1, 0.15) is 11.8 Å². The van der Waals surface area contributed by atoms with Gasteiger partial charge >= 0.3 is 5.97 Å². The third kappa shape index (κ3) is 2.66. The maximum Gasteiger partial charge on any atom is 0.320 e. The van der Waals surface area contributed by atoms with Crippen molar-refractivity contribution in [1.29, 1.82) is 0 Å². The molecular formula is C10H11F2NO3. The second kappa shape index (κ2) is 4.44. The van der Waals surface area contributed by atoms with Crippen molar-refractivity contribution < 1.29 is 23.8 Å². The van der Waals surface area contributed by atoms with Crippen LogP contribution in [-0.4, -0.2) is 22.2 Å². The van der Waals surface area contributed by atoms with Gasteiger partial charge in [0, 0.05) is 6.42 Å². The fourth-order valence-electron chi connectivity index (χ4n) is 1.26. The first kappa shape index (κ1) is 12.4. The van der Waals surface area contributed by atoms with Crippen molar-refractivity contribution in [2.24, 2.45) is 5.73 Å². The second-order valence-corrected chi connectivity index (χ2v) is 3.37. The number of alkyl halides is 2. The SMILES string of the molecule is NC(CC(F)(F)c1ccccc1O)C(=O)O. The molecule has 0 radical (unpaired) electrons. The summed E-state index contributed by atoms with van der Waals surface area (Å²) >= 11 is 0. The molecular weight excluding hydrogens is 220 g/mol. The Bertz CT molecular complexity index is 395. The van der Waals surface area contributed by atoms with E-state index in [0.717, 1.165) is 12.1 Å². The maximum atomic E-state index is 13.5. The number of nitrogens with two attached hydrogens (primary N) is 1. The molecule has 0 fully saturated rings. The molecule has 1 rings (SSSR count). The Hall–Kier alpha value is -1.69. The zero-order chi connectivity index (χ0) is 12.3.